The number of aryl methyl sites for hydroxylation is 1. The maximum atomic E-state index is 4.27. The molecule has 2 rings (SSSR count). The summed E-state index contributed by atoms with van der Waals surface area (Å²) in [5.74, 6) is 0. The van der Waals surface area contributed by atoms with Crippen molar-refractivity contribution in [3.63, 3.8) is 0 Å². The van der Waals surface area contributed by atoms with E-state index in [1.807, 2.05) is 30.5 Å². The van der Waals surface area contributed by atoms with Crippen LogP contribution < -0.4 is 5.32 Å². The zero-order valence-electron chi connectivity index (χ0n) is 9.07. The first kappa shape index (κ1) is 11.1. The van der Waals surface area contributed by atoms with Crippen molar-refractivity contribution in [2.24, 2.45) is 0 Å². The van der Waals surface area contributed by atoms with Gasteiger partial charge in [0.05, 0.1) is 12.2 Å². The van der Waals surface area contributed by atoms with E-state index < -0.39 is 0 Å². The zero-order chi connectivity index (χ0) is 11.4. The lowest BCUT2D eigenvalue weighted by molar-refractivity contribution is 1.04. The van der Waals surface area contributed by atoms with Gasteiger partial charge >= 0.3 is 0 Å². The van der Waals surface area contributed by atoms with Gasteiger partial charge in [-0.25, -0.2) is 0 Å². The number of aromatic nitrogens is 1. The summed E-state index contributed by atoms with van der Waals surface area (Å²) in [6, 6.07) is 12.1. The molecule has 0 saturated heterocycles. The topological polar surface area (TPSA) is 24.9 Å². The van der Waals surface area contributed by atoms with E-state index in [2.05, 4.69) is 45.3 Å². The van der Waals surface area contributed by atoms with Crippen LogP contribution in [0.1, 0.15) is 11.3 Å². The molecule has 0 aliphatic carbocycles. The van der Waals surface area contributed by atoms with Crippen LogP contribution in [0, 0.1) is 6.92 Å². The molecule has 0 radical (unpaired) electrons. The third-order valence-corrected chi connectivity index (χ3v) is 3.43. The Bertz CT molecular complexity index is 469. The van der Waals surface area contributed by atoms with E-state index in [1.54, 1.807) is 0 Å². The molecule has 2 aromatic rings. The lowest BCUT2D eigenvalue weighted by atomic mass is 10.2. The zero-order valence-corrected chi connectivity index (χ0v) is 10.7. The Hall–Kier alpha value is -1.35. The number of rotatable bonds is 3. The minimum Gasteiger partial charge on any atom is -0.378 e. The third-order valence-electron chi connectivity index (χ3n) is 2.38. The molecule has 0 atom stereocenters. The second-order valence-corrected chi connectivity index (χ2v) is 4.40. The van der Waals surface area contributed by atoms with Crippen molar-refractivity contribution in [1.29, 1.82) is 0 Å². The first-order chi connectivity index (χ1) is 7.77. The van der Waals surface area contributed by atoms with Gasteiger partial charge in [-0.15, -0.1) is 0 Å². The molecule has 1 N–H and O–H groups in total. The number of nitrogens with zero attached hydrogens (tertiary/aromatic N) is 1. The highest BCUT2D eigenvalue weighted by molar-refractivity contribution is 9.10. The van der Waals surface area contributed by atoms with Crippen LogP contribution in [0.3, 0.4) is 0 Å². The maximum Gasteiger partial charge on any atom is 0.0594 e. The molecule has 0 spiro atoms. The van der Waals surface area contributed by atoms with Gasteiger partial charge in [0.1, 0.15) is 0 Å². The number of hydrogen-bond donors (Lipinski definition) is 1. The van der Waals surface area contributed by atoms with Crippen LogP contribution in [0.25, 0.3) is 0 Å². The first-order valence-electron chi connectivity index (χ1n) is 5.16. The van der Waals surface area contributed by atoms with Crippen LogP contribution in [0.2, 0.25) is 0 Å². The smallest absolute Gasteiger partial charge is 0.0594 e. The van der Waals surface area contributed by atoms with Crippen molar-refractivity contribution >= 4 is 21.6 Å². The molecule has 82 valence electrons. The summed E-state index contributed by atoms with van der Waals surface area (Å²) in [6.07, 6.45) is 1.81. The molecular weight excluding hydrogens is 264 g/mol. The maximum absolute atomic E-state index is 4.27. The highest BCUT2D eigenvalue weighted by Crippen LogP contribution is 2.25. The number of hydrogen-bond acceptors (Lipinski definition) is 2. The van der Waals surface area contributed by atoms with Crippen molar-refractivity contribution in [3.8, 4) is 0 Å². The van der Waals surface area contributed by atoms with E-state index in [9.17, 15) is 0 Å². The van der Waals surface area contributed by atoms with Gasteiger partial charge in [0, 0.05) is 16.4 Å². The minimum atomic E-state index is 0.739. The van der Waals surface area contributed by atoms with Gasteiger partial charge in [0.15, 0.2) is 0 Å². The van der Waals surface area contributed by atoms with Gasteiger partial charge in [-0.05, 0) is 46.6 Å². The predicted octanol–water partition coefficient (Wildman–Crippen LogP) is 3.76. The molecule has 3 heteroatoms. The van der Waals surface area contributed by atoms with Gasteiger partial charge < -0.3 is 5.32 Å². The second kappa shape index (κ2) is 5.12. The molecule has 0 aliphatic heterocycles. The summed E-state index contributed by atoms with van der Waals surface area (Å²) < 4.78 is 1.12. The van der Waals surface area contributed by atoms with E-state index in [0.717, 1.165) is 22.4 Å². The Morgan fingerprint density at radius 2 is 2.06 bits per heavy atom. The summed E-state index contributed by atoms with van der Waals surface area (Å²) in [6.45, 7) is 2.82. The van der Waals surface area contributed by atoms with Crippen molar-refractivity contribution in [3.05, 3.63) is 58.3 Å². The highest BCUT2D eigenvalue weighted by atomic mass is 79.9. The molecule has 0 amide bonds. The Labute approximate surface area is 104 Å². The summed E-state index contributed by atoms with van der Waals surface area (Å²) in [5, 5.41) is 3.36. The highest BCUT2D eigenvalue weighted by Gasteiger charge is 2.01. The van der Waals surface area contributed by atoms with Crippen molar-refractivity contribution < 1.29 is 0 Å². The fraction of sp³-hybridized carbons (Fsp3) is 0.154. The largest absolute Gasteiger partial charge is 0.378 e. The van der Waals surface area contributed by atoms with Gasteiger partial charge in [-0.2, -0.15) is 0 Å². The number of halogens is 1. The molecular formula is C13H13BrN2. The van der Waals surface area contributed by atoms with Crippen LogP contribution in [0.4, 0.5) is 5.69 Å². The SMILES string of the molecule is Cc1cccc(NCc2ccccn2)c1Br. The van der Waals surface area contributed by atoms with E-state index in [4.69, 9.17) is 0 Å². The third kappa shape index (κ3) is 2.61. The lowest BCUT2D eigenvalue weighted by Crippen LogP contribution is -2.02. The fourth-order valence-corrected chi connectivity index (χ4v) is 1.88. The van der Waals surface area contributed by atoms with Crippen LogP contribution >= 0.6 is 15.9 Å². The summed E-state index contributed by atoms with van der Waals surface area (Å²) in [5.41, 5.74) is 3.37. The van der Waals surface area contributed by atoms with E-state index in [-0.39, 0.29) is 0 Å². The first-order valence-corrected chi connectivity index (χ1v) is 5.95. The minimum absolute atomic E-state index is 0.739. The van der Waals surface area contributed by atoms with Gasteiger partial charge in [-0.3, -0.25) is 4.98 Å². The van der Waals surface area contributed by atoms with Crippen molar-refractivity contribution in [2.45, 2.75) is 13.5 Å². The molecule has 1 heterocycles. The Morgan fingerprint density at radius 1 is 1.19 bits per heavy atom. The second-order valence-electron chi connectivity index (χ2n) is 3.61. The van der Waals surface area contributed by atoms with Gasteiger partial charge in [-0.1, -0.05) is 18.2 Å². The van der Waals surface area contributed by atoms with E-state index >= 15 is 0 Å². The average molecular weight is 277 g/mol. The molecule has 0 bridgehead atoms. The quantitative estimate of drug-likeness (QED) is 0.923. The van der Waals surface area contributed by atoms with Crippen LogP contribution in [-0.4, -0.2) is 4.98 Å². The molecule has 0 aliphatic rings. The van der Waals surface area contributed by atoms with Crippen molar-refractivity contribution in [2.75, 3.05) is 5.32 Å². The molecule has 1 aromatic heterocycles. The monoisotopic (exact) mass is 276 g/mol. The van der Waals surface area contributed by atoms with Crippen LogP contribution in [0.5, 0.6) is 0 Å². The lowest BCUT2D eigenvalue weighted by Gasteiger charge is -2.09. The normalized spacial score (nSPS) is 10.1. The Morgan fingerprint density at radius 3 is 2.81 bits per heavy atom. The number of benzene rings is 1. The average Bonchev–Trinajstić information content (AvgIpc) is 2.32. The Kier molecular flexibility index (Phi) is 3.57. The summed E-state index contributed by atoms with van der Waals surface area (Å²) in [4.78, 5) is 4.27. The molecule has 0 fully saturated rings. The fourth-order valence-electron chi connectivity index (χ4n) is 1.47. The number of anilines is 1. The van der Waals surface area contributed by atoms with E-state index in [0.29, 0.717) is 0 Å². The van der Waals surface area contributed by atoms with E-state index in [1.165, 1.54) is 5.56 Å². The number of pyridine rings is 1. The standard InChI is InChI=1S/C13H13BrN2/c1-10-5-4-7-12(13(10)14)16-9-11-6-2-3-8-15-11/h2-8,16H,9H2,1H3. The van der Waals surface area contributed by atoms with Crippen molar-refractivity contribution in [1.82, 2.24) is 4.98 Å². The van der Waals surface area contributed by atoms with Gasteiger partial charge in [0.2, 0.25) is 0 Å². The predicted molar refractivity (Wildman–Crippen MR) is 70.4 cm³/mol. The molecule has 0 saturated carbocycles. The molecule has 16 heavy (non-hydrogen) atoms. The molecule has 2 nitrogen and oxygen atoms in total. The molecule has 0 unspecified atom stereocenters. The molecule has 1 aromatic carbocycles. The summed E-state index contributed by atoms with van der Waals surface area (Å²) in [7, 11) is 0. The number of nitrogens with one attached hydrogen (secondary N) is 1. The van der Waals surface area contributed by atoms with Crippen LogP contribution in [0.15, 0.2) is 47.1 Å². The Balaban J connectivity index is 2.08. The van der Waals surface area contributed by atoms with Gasteiger partial charge in [0.25, 0.3) is 0 Å². The van der Waals surface area contributed by atoms with Crippen LogP contribution in [-0.2, 0) is 6.54 Å². The summed E-state index contributed by atoms with van der Waals surface area (Å²) >= 11 is 3.57.